The molecule has 0 aliphatic carbocycles. The maximum atomic E-state index is 14.1. The molecule has 2 atom stereocenters. The van der Waals surface area contributed by atoms with E-state index in [-0.39, 0.29) is 30.3 Å². The lowest BCUT2D eigenvalue weighted by Gasteiger charge is -2.25. The van der Waals surface area contributed by atoms with Crippen molar-refractivity contribution in [1.29, 1.82) is 0 Å². The monoisotopic (exact) mass is 608 g/mol. The molecule has 0 saturated carbocycles. The lowest BCUT2D eigenvalue weighted by atomic mass is 10.1. The van der Waals surface area contributed by atoms with Crippen LogP contribution in [0.3, 0.4) is 0 Å². The topological polar surface area (TPSA) is 179 Å². The SMILES string of the molecule is O=C[C@H](CC(=O)O)NC(=O)CN1C(=O)[C@@H](NC(=O)c2nccc3ccccc23)CN(C(=O)Cc2cccnc2)c2ccccc21. The van der Waals surface area contributed by atoms with Crippen LogP contribution in [0.5, 0.6) is 0 Å². The summed E-state index contributed by atoms with van der Waals surface area (Å²) in [4.78, 5) is 87.8. The van der Waals surface area contributed by atoms with E-state index in [0.717, 1.165) is 10.3 Å². The fourth-order valence-electron chi connectivity index (χ4n) is 5.11. The zero-order valence-electron chi connectivity index (χ0n) is 23.8. The Kier molecular flexibility index (Phi) is 9.17. The van der Waals surface area contributed by atoms with Crippen LogP contribution in [-0.2, 0) is 30.4 Å². The number of aldehydes is 1. The maximum absolute atomic E-state index is 14.1. The third-order valence-electron chi connectivity index (χ3n) is 7.17. The number of hydrogen-bond donors (Lipinski definition) is 3. The van der Waals surface area contributed by atoms with Crippen LogP contribution >= 0.6 is 0 Å². The molecule has 0 unspecified atom stereocenters. The van der Waals surface area contributed by atoms with E-state index in [9.17, 15) is 28.8 Å². The number of carboxylic acids is 1. The smallest absolute Gasteiger partial charge is 0.305 e. The van der Waals surface area contributed by atoms with Gasteiger partial charge in [-0.1, -0.05) is 42.5 Å². The number of para-hydroxylation sites is 2. The van der Waals surface area contributed by atoms with Gasteiger partial charge in [-0.3, -0.25) is 38.8 Å². The Morgan fingerprint density at radius 2 is 1.73 bits per heavy atom. The number of nitrogens with zero attached hydrogens (tertiary/aromatic N) is 4. The maximum Gasteiger partial charge on any atom is 0.305 e. The second-order valence-corrected chi connectivity index (χ2v) is 10.3. The average molecular weight is 609 g/mol. The third-order valence-corrected chi connectivity index (χ3v) is 7.17. The van der Waals surface area contributed by atoms with Gasteiger partial charge in [0.05, 0.1) is 36.8 Å². The second kappa shape index (κ2) is 13.5. The normalized spacial score (nSPS) is 15.0. The zero-order chi connectivity index (χ0) is 31.9. The Morgan fingerprint density at radius 1 is 0.978 bits per heavy atom. The molecule has 0 radical (unpaired) electrons. The molecule has 3 heterocycles. The summed E-state index contributed by atoms with van der Waals surface area (Å²) >= 11 is 0. The first-order valence-corrected chi connectivity index (χ1v) is 14.0. The third kappa shape index (κ3) is 6.99. The van der Waals surface area contributed by atoms with Gasteiger partial charge in [0.15, 0.2) is 0 Å². The van der Waals surface area contributed by atoms with Crippen LogP contribution in [0.4, 0.5) is 11.4 Å². The van der Waals surface area contributed by atoms with Crippen LogP contribution in [0.1, 0.15) is 22.5 Å². The number of hydrogen-bond acceptors (Lipinski definition) is 8. The second-order valence-electron chi connectivity index (χ2n) is 10.3. The van der Waals surface area contributed by atoms with Crippen molar-refractivity contribution in [2.45, 2.75) is 24.9 Å². The van der Waals surface area contributed by atoms with Crippen molar-refractivity contribution in [2.24, 2.45) is 0 Å². The van der Waals surface area contributed by atoms with Gasteiger partial charge in [0.1, 0.15) is 24.6 Å². The molecule has 4 aromatic rings. The highest BCUT2D eigenvalue weighted by Crippen LogP contribution is 2.33. The number of pyridine rings is 2. The molecule has 13 nitrogen and oxygen atoms in total. The van der Waals surface area contributed by atoms with E-state index in [1.54, 1.807) is 67.0 Å². The zero-order valence-corrected chi connectivity index (χ0v) is 23.8. The molecule has 0 fully saturated rings. The van der Waals surface area contributed by atoms with E-state index in [1.165, 1.54) is 11.1 Å². The Morgan fingerprint density at radius 3 is 2.47 bits per heavy atom. The number of amides is 4. The van der Waals surface area contributed by atoms with Crippen molar-refractivity contribution < 1.29 is 33.9 Å². The van der Waals surface area contributed by atoms with E-state index in [2.05, 4.69) is 20.6 Å². The first-order chi connectivity index (χ1) is 21.7. The summed E-state index contributed by atoms with van der Waals surface area (Å²) in [5, 5.41) is 15.4. The summed E-state index contributed by atoms with van der Waals surface area (Å²) < 4.78 is 0. The largest absolute Gasteiger partial charge is 0.481 e. The number of nitrogens with one attached hydrogen (secondary N) is 2. The van der Waals surface area contributed by atoms with E-state index in [1.807, 2.05) is 12.1 Å². The van der Waals surface area contributed by atoms with Gasteiger partial charge in [0.2, 0.25) is 11.8 Å². The lowest BCUT2D eigenvalue weighted by Crippen LogP contribution is -2.55. The van der Waals surface area contributed by atoms with E-state index in [4.69, 9.17) is 5.11 Å². The Hall–Kier alpha value is -5.98. The molecule has 0 spiro atoms. The molecule has 228 valence electrons. The van der Waals surface area contributed by atoms with Crippen LogP contribution in [0, 0.1) is 0 Å². The van der Waals surface area contributed by atoms with Crippen LogP contribution < -0.4 is 20.4 Å². The molecule has 5 rings (SSSR count). The molecule has 0 saturated heterocycles. The van der Waals surface area contributed by atoms with E-state index < -0.39 is 48.7 Å². The first-order valence-electron chi connectivity index (χ1n) is 14.0. The summed E-state index contributed by atoms with van der Waals surface area (Å²) in [6.45, 7) is -0.886. The molecule has 1 aliphatic heterocycles. The number of carboxylic acid groups (broad SMARTS) is 1. The van der Waals surface area contributed by atoms with E-state index in [0.29, 0.717) is 22.9 Å². The number of carbonyl (C=O) groups excluding carboxylic acids is 5. The lowest BCUT2D eigenvalue weighted by molar-refractivity contribution is -0.139. The molecule has 4 amide bonds. The standard InChI is InChI=1S/C32H28N6O7/c39-19-22(15-29(42)43)35-27(40)18-38-26-10-4-3-9-25(26)37(28(41)14-20-6-5-12-33-16-20)17-24(32(38)45)36-31(44)30-23-8-2-1-7-21(23)11-13-34-30/h1-13,16,19,22,24H,14-15,17-18H2,(H,35,40)(H,36,44)(H,42,43)/t22-,24-/m0/s1. The Balaban J connectivity index is 1.51. The number of aliphatic carboxylic acids is 1. The number of fused-ring (bicyclic) bond motifs is 2. The minimum absolute atomic E-state index is 0.0569. The highest BCUT2D eigenvalue weighted by atomic mass is 16.4. The van der Waals surface area contributed by atoms with Crippen molar-refractivity contribution >= 4 is 58.0 Å². The summed E-state index contributed by atoms with van der Waals surface area (Å²) in [6, 6.07) is 16.1. The summed E-state index contributed by atoms with van der Waals surface area (Å²) in [5.41, 5.74) is 1.22. The van der Waals surface area contributed by atoms with Gasteiger partial charge < -0.3 is 25.4 Å². The van der Waals surface area contributed by atoms with Gasteiger partial charge in [-0.25, -0.2) is 0 Å². The minimum Gasteiger partial charge on any atom is -0.481 e. The highest BCUT2D eigenvalue weighted by molar-refractivity contribution is 6.12. The number of benzene rings is 2. The summed E-state index contributed by atoms with van der Waals surface area (Å²) in [6.07, 6.45) is 4.20. The molecular formula is C32H28N6O7. The highest BCUT2D eigenvalue weighted by Gasteiger charge is 2.38. The van der Waals surface area contributed by atoms with Gasteiger partial charge in [0.25, 0.3) is 11.8 Å². The number of anilines is 2. The minimum atomic E-state index is -1.32. The molecule has 13 heteroatoms. The van der Waals surface area contributed by atoms with Gasteiger partial charge in [-0.05, 0) is 35.2 Å². The number of rotatable bonds is 10. The van der Waals surface area contributed by atoms with Gasteiger partial charge >= 0.3 is 5.97 Å². The van der Waals surface area contributed by atoms with Crippen LogP contribution in [-0.4, -0.2) is 76.1 Å². The Labute approximate surface area is 256 Å². The molecule has 45 heavy (non-hydrogen) atoms. The summed E-state index contributed by atoms with van der Waals surface area (Å²) in [5.74, 6) is -3.87. The molecule has 0 bridgehead atoms. The van der Waals surface area contributed by atoms with Crippen LogP contribution in [0.2, 0.25) is 0 Å². The predicted molar refractivity (Wildman–Crippen MR) is 162 cm³/mol. The van der Waals surface area contributed by atoms with Crippen molar-refractivity contribution in [3.05, 3.63) is 96.6 Å². The number of carbonyl (C=O) groups is 6. The van der Waals surface area contributed by atoms with Crippen molar-refractivity contribution in [2.75, 3.05) is 22.9 Å². The first kappa shape index (κ1) is 30.5. The summed E-state index contributed by atoms with van der Waals surface area (Å²) in [7, 11) is 0. The van der Waals surface area contributed by atoms with Crippen LogP contribution in [0.15, 0.2) is 85.3 Å². The quantitative estimate of drug-likeness (QED) is 0.225. The van der Waals surface area contributed by atoms with Crippen LogP contribution in [0.25, 0.3) is 10.8 Å². The molecule has 3 N–H and O–H groups in total. The fraction of sp³-hybridized carbons (Fsp3) is 0.188. The van der Waals surface area contributed by atoms with Crippen molar-refractivity contribution in [3.63, 3.8) is 0 Å². The number of aromatic nitrogens is 2. The van der Waals surface area contributed by atoms with Gasteiger partial charge in [-0.15, -0.1) is 0 Å². The Bertz CT molecular complexity index is 1780. The predicted octanol–water partition coefficient (Wildman–Crippen LogP) is 1.51. The van der Waals surface area contributed by atoms with Gasteiger partial charge in [0, 0.05) is 24.0 Å². The molecule has 1 aliphatic rings. The van der Waals surface area contributed by atoms with Crippen molar-refractivity contribution in [3.8, 4) is 0 Å². The molecule has 2 aromatic heterocycles. The van der Waals surface area contributed by atoms with E-state index >= 15 is 0 Å². The average Bonchev–Trinajstić information content (AvgIpc) is 3.15. The van der Waals surface area contributed by atoms with Gasteiger partial charge in [-0.2, -0.15) is 0 Å². The molecule has 2 aromatic carbocycles. The molecular weight excluding hydrogens is 580 g/mol. The fourth-order valence-corrected chi connectivity index (χ4v) is 5.11. The van der Waals surface area contributed by atoms with Crippen molar-refractivity contribution in [1.82, 2.24) is 20.6 Å².